The molecule has 180 valence electrons. The Morgan fingerprint density at radius 1 is 1.14 bits per heavy atom. The number of anilines is 1. The van der Waals surface area contributed by atoms with Crippen LogP contribution in [0.25, 0.3) is 11.7 Å². The molecule has 0 atom stereocenters. The molecule has 36 heavy (non-hydrogen) atoms. The van der Waals surface area contributed by atoms with Gasteiger partial charge in [-0.25, -0.2) is 0 Å². The van der Waals surface area contributed by atoms with E-state index in [1.807, 2.05) is 38.1 Å². The minimum absolute atomic E-state index is 0.000443. The number of hydrogen-bond donors (Lipinski definition) is 1. The number of amides is 1. The topological polar surface area (TPSA) is 106 Å². The first-order valence-electron chi connectivity index (χ1n) is 11.3. The number of hydrogen-bond acceptors (Lipinski definition) is 6. The van der Waals surface area contributed by atoms with Crippen molar-refractivity contribution in [2.45, 2.75) is 20.3 Å². The number of rotatable bonds is 7. The fraction of sp³-hybridized carbons (Fsp3) is 0.143. The molecule has 2 aromatic heterocycles. The Bertz CT molecular complexity index is 1560. The van der Waals surface area contributed by atoms with Gasteiger partial charge in [0.1, 0.15) is 34.4 Å². The number of pyridine rings is 1. The van der Waals surface area contributed by atoms with Gasteiger partial charge in [0.15, 0.2) is 0 Å². The van der Waals surface area contributed by atoms with Crippen LogP contribution >= 0.6 is 0 Å². The lowest BCUT2D eigenvalue weighted by Gasteiger charge is -2.12. The molecule has 1 amide bonds. The van der Waals surface area contributed by atoms with Crippen LogP contribution in [0.4, 0.5) is 5.69 Å². The predicted molar refractivity (Wildman–Crippen MR) is 137 cm³/mol. The standard InChI is InChI=1S/C28H24N4O4/c1-4-19-10-12-22(13-11-19)36-27-24(28(34)32-14-6-7-18(2)25(32)31-27)15-20(17-29)26(33)30-21-8-5-9-23(16-21)35-3/h5-16H,4H2,1-3H3,(H,30,33)/b20-15-. The van der Waals surface area contributed by atoms with Crippen LogP contribution in [0.5, 0.6) is 17.4 Å². The van der Waals surface area contributed by atoms with Crippen LogP contribution in [0.3, 0.4) is 0 Å². The Morgan fingerprint density at radius 3 is 2.61 bits per heavy atom. The summed E-state index contributed by atoms with van der Waals surface area (Å²) >= 11 is 0. The molecule has 8 nitrogen and oxygen atoms in total. The van der Waals surface area contributed by atoms with Gasteiger partial charge in [-0.3, -0.25) is 14.0 Å². The minimum atomic E-state index is -0.683. The molecule has 4 rings (SSSR count). The number of carbonyl (C=O) groups excluding carboxylic acids is 1. The van der Waals surface area contributed by atoms with E-state index in [0.29, 0.717) is 22.8 Å². The highest BCUT2D eigenvalue weighted by Gasteiger charge is 2.18. The number of benzene rings is 2. The van der Waals surface area contributed by atoms with Gasteiger partial charge in [-0.15, -0.1) is 0 Å². The van der Waals surface area contributed by atoms with Crippen molar-refractivity contribution in [2.75, 3.05) is 12.4 Å². The Labute approximate surface area is 208 Å². The molecule has 2 heterocycles. The van der Waals surface area contributed by atoms with Crippen LogP contribution in [0.15, 0.2) is 77.2 Å². The zero-order valence-corrected chi connectivity index (χ0v) is 20.1. The Hall–Kier alpha value is -4.90. The Kier molecular flexibility index (Phi) is 7.12. The van der Waals surface area contributed by atoms with Gasteiger partial charge >= 0.3 is 0 Å². The maximum absolute atomic E-state index is 13.4. The number of fused-ring (bicyclic) bond motifs is 1. The SMILES string of the molecule is CCc1ccc(Oc2nc3c(C)cccn3c(=O)c2/C=C(/C#N)C(=O)Nc2cccc(OC)c2)cc1. The average molecular weight is 481 g/mol. The maximum Gasteiger partial charge on any atom is 0.269 e. The van der Waals surface area contributed by atoms with E-state index in [-0.39, 0.29) is 17.0 Å². The molecule has 0 unspecified atom stereocenters. The van der Waals surface area contributed by atoms with Crippen molar-refractivity contribution in [3.8, 4) is 23.4 Å². The van der Waals surface area contributed by atoms with E-state index >= 15 is 0 Å². The zero-order valence-electron chi connectivity index (χ0n) is 20.1. The van der Waals surface area contributed by atoms with Crippen molar-refractivity contribution < 1.29 is 14.3 Å². The third-order valence-corrected chi connectivity index (χ3v) is 5.58. The highest BCUT2D eigenvalue weighted by molar-refractivity contribution is 6.09. The highest BCUT2D eigenvalue weighted by Crippen LogP contribution is 2.25. The van der Waals surface area contributed by atoms with E-state index in [9.17, 15) is 14.9 Å². The molecule has 1 N–H and O–H groups in total. The molecular formula is C28H24N4O4. The molecule has 2 aromatic carbocycles. The lowest BCUT2D eigenvalue weighted by Crippen LogP contribution is -2.20. The summed E-state index contributed by atoms with van der Waals surface area (Å²) in [7, 11) is 1.51. The molecular weight excluding hydrogens is 456 g/mol. The molecule has 0 fully saturated rings. The van der Waals surface area contributed by atoms with Gasteiger partial charge in [-0.1, -0.05) is 31.2 Å². The predicted octanol–water partition coefficient (Wildman–Crippen LogP) is 4.91. The van der Waals surface area contributed by atoms with Gasteiger partial charge in [0, 0.05) is 18.0 Å². The summed E-state index contributed by atoms with van der Waals surface area (Å²) in [6, 6.07) is 19.6. The van der Waals surface area contributed by atoms with Crippen molar-refractivity contribution in [3.63, 3.8) is 0 Å². The smallest absolute Gasteiger partial charge is 0.269 e. The first kappa shape index (κ1) is 24.2. The third-order valence-electron chi connectivity index (χ3n) is 5.58. The van der Waals surface area contributed by atoms with Crippen LogP contribution in [0.2, 0.25) is 0 Å². The second-order valence-corrected chi connectivity index (χ2v) is 7.98. The molecule has 0 saturated heterocycles. The van der Waals surface area contributed by atoms with E-state index in [1.54, 1.807) is 48.7 Å². The summed E-state index contributed by atoms with van der Waals surface area (Å²) in [5, 5.41) is 12.4. The Morgan fingerprint density at radius 2 is 1.92 bits per heavy atom. The molecule has 0 aliphatic carbocycles. The van der Waals surface area contributed by atoms with Crippen LogP contribution in [0, 0.1) is 18.3 Å². The number of nitrogens with zero attached hydrogens (tertiary/aromatic N) is 3. The van der Waals surface area contributed by atoms with Crippen molar-refractivity contribution in [2.24, 2.45) is 0 Å². The van der Waals surface area contributed by atoms with Gasteiger partial charge in [0.05, 0.1) is 7.11 Å². The summed E-state index contributed by atoms with van der Waals surface area (Å²) in [6.45, 7) is 3.88. The zero-order chi connectivity index (χ0) is 25.7. The van der Waals surface area contributed by atoms with Crippen LogP contribution < -0.4 is 20.3 Å². The van der Waals surface area contributed by atoms with E-state index in [1.165, 1.54) is 17.6 Å². The van der Waals surface area contributed by atoms with Crippen molar-refractivity contribution in [3.05, 3.63) is 99.5 Å². The van der Waals surface area contributed by atoms with Crippen LogP contribution in [0.1, 0.15) is 23.6 Å². The highest BCUT2D eigenvalue weighted by atomic mass is 16.5. The maximum atomic E-state index is 13.4. The molecule has 4 aromatic rings. The van der Waals surface area contributed by atoms with Gasteiger partial charge in [0.2, 0.25) is 5.88 Å². The summed E-state index contributed by atoms with van der Waals surface area (Å²) in [5.41, 5.74) is 1.99. The van der Waals surface area contributed by atoms with Crippen molar-refractivity contribution >= 4 is 23.3 Å². The van der Waals surface area contributed by atoms with E-state index in [4.69, 9.17) is 9.47 Å². The van der Waals surface area contributed by atoms with E-state index in [2.05, 4.69) is 10.3 Å². The number of ether oxygens (including phenoxy) is 2. The largest absolute Gasteiger partial charge is 0.497 e. The van der Waals surface area contributed by atoms with Crippen molar-refractivity contribution in [1.82, 2.24) is 9.38 Å². The fourth-order valence-electron chi connectivity index (χ4n) is 3.59. The number of carbonyl (C=O) groups is 1. The number of nitrogens with one attached hydrogen (secondary N) is 1. The quantitative estimate of drug-likeness (QED) is 0.298. The van der Waals surface area contributed by atoms with E-state index < -0.39 is 11.5 Å². The first-order valence-corrected chi connectivity index (χ1v) is 11.3. The lowest BCUT2D eigenvalue weighted by atomic mass is 10.1. The molecule has 0 saturated carbocycles. The molecule has 0 radical (unpaired) electrons. The second kappa shape index (κ2) is 10.6. The molecule has 0 aliphatic rings. The molecule has 0 spiro atoms. The summed E-state index contributed by atoms with van der Waals surface area (Å²) in [6.07, 6.45) is 3.66. The molecule has 0 aliphatic heterocycles. The Balaban J connectivity index is 1.80. The lowest BCUT2D eigenvalue weighted by molar-refractivity contribution is -0.112. The third kappa shape index (κ3) is 5.10. The average Bonchev–Trinajstić information content (AvgIpc) is 2.89. The summed E-state index contributed by atoms with van der Waals surface area (Å²) in [5.74, 6) is 0.344. The second-order valence-electron chi connectivity index (χ2n) is 7.98. The monoisotopic (exact) mass is 480 g/mol. The normalized spacial score (nSPS) is 11.1. The molecule has 8 heteroatoms. The number of methoxy groups -OCH3 is 1. The summed E-state index contributed by atoms with van der Waals surface area (Å²) < 4.78 is 12.5. The number of nitriles is 1. The van der Waals surface area contributed by atoms with Crippen LogP contribution in [-0.4, -0.2) is 22.4 Å². The van der Waals surface area contributed by atoms with E-state index in [0.717, 1.165) is 17.5 Å². The summed E-state index contributed by atoms with van der Waals surface area (Å²) in [4.78, 5) is 30.9. The van der Waals surface area contributed by atoms with Crippen molar-refractivity contribution in [1.29, 1.82) is 5.26 Å². The first-order chi connectivity index (χ1) is 17.4. The fourth-order valence-corrected chi connectivity index (χ4v) is 3.59. The van der Waals surface area contributed by atoms with Gasteiger partial charge in [0.25, 0.3) is 11.5 Å². The van der Waals surface area contributed by atoms with Crippen LogP contribution in [-0.2, 0) is 11.2 Å². The molecule has 0 bridgehead atoms. The number of aromatic nitrogens is 2. The van der Waals surface area contributed by atoms with Gasteiger partial charge in [-0.2, -0.15) is 10.2 Å². The van der Waals surface area contributed by atoms with Gasteiger partial charge in [-0.05, 0) is 60.9 Å². The van der Waals surface area contributed by atoms with Gasteiger partial charge < -0.3 is 14.8 Å². The minimum Gasteiger partial charge on any atom is -0.497 e. The number of aryl methyl sites for hydroxylation is 2.